The van der Waals surface area contributed by atoms with Gasteiger partial charge in [0.05, 0.1) is 6.10 Å². The molecule has 4 nitrogen and oxygen atoms in total. The molecule has 3 N–H and O–H groups in total. The quantitative estimate of drug-likeness (QED) is 0.828. The minimum absolute atomic E-state index is 0.0576. The number of ether oxygens (including phenoxy) is 1. The maximum Gasteiger partial charge on any atom is 0.241 e. The number of carbonyl (C=O) groups is 1. The average molecular weight is 292 g/mol. The molecule has 0 aromatic carbocycles. The summed E-state index contributed by atoms with van der Waals surface area (Å²) < 4.78 is 5.72. The molecule has 118 valence electrons. The highest BCUT2D eigenvalue weighted by Gasteiger charge is 2.68. The van der Waals surface area contributed by atoms with Crippen molar-refractivity contribution in [1.29, 1.82) is 0 Å². The van der Waals surface area contributed by atoms with Crippen LogP contribution in [-0.2, 0) is 9.53 Å². The first kappa shape index (κ1) is 14.0. The second-order valence-electron chi connectivity index (χ2n) is 8.33. The summed E-state index contributed by atoms with van der Waals surface area (Å²) in [6, 6.07) is 0.422. The molecule has 0 aliphatic heterocycles. The van der Waals surface area contributed by atoms with Crippen molar-refractivity contribution in [2.75, 3.05) is 6.61 Å². The fraction of sp³-hybridized carbons (Fsp3) is 0.941. The summed E-state index contributed by atoms with van der Waals surface area (Å²) in [4.78, 5) is 12.7. The van der Waals surface area contributed by atoms with Crippen molar-refractivity contribution in [1.82, 2.24) is 5.32 Å². The lowest BCUT2D eigenvalue weighted by atomic mass is 9.54. The molecule has 6 unspecified atom stereocenters. The van der Waals surface area contributed by atoms with Gasteiger partial charge in [-0.2, -0.15) is 0 Å². The molecular formula is C17H28N2O2. The van der Waals surface area contributed by atoms with Gasteiger partial charge in [-0.1, -0.05) is 13.8 Å². The number of nitrogens with one attached hydrogen (secondary N) is 1. The summed E-state index contributed by atoms with van der Waals surface area (Å²) in [5, 5.41) is 3.30. The molecule has 4 fully saturated rings. The maximum atomic E-state index is 12.7. The molecule has 6 atom stereocenters. The van der Waals surface area contributed by atoms with Crippen LogP contribution in [0, 0.1) is 29.1 Å². The Kier molecular flexibility index (Phi) is 2.82. The summed E-state index contributed by atoms with van der Waals surface area (Å²) in [7, 11) is 0. The van der Waals surface area contributed by atoms with Gasteiger partial charge in [-0.3, -0.25) is 4.79 Å². The molecule has 0 heterocycles. The number of hydrogen-bond acceptors (Lipinski definition) is 3. The van der Waals surface area contributed by atoms with Crippen molar-refractivity contribution in [2.45, 2.75) is 64.1 Å². The van der Waals surface area contributed by atoms with Crippen LogP contribution >= 0.6 is 0 Å². The molecule has 0 aromatic rings. The minimum atomic E-state index is -0.761. The molecule has 4 heteroatoms. The Labute approximate surface area is 127 Å². The van der Waals surface area contributed by atoms with Crippen LogP contribution in [-0.4, -0.2) is 30.2 Å². The van der Waals surface area contributed by atoms with Crippen molar-refractivity contribution >= 4 is 5.91 Å². The van der Waals surface area contributed by atoms with Crippen molar-refractivity contribution in [2.24, 2.45) is 34.8 Å². The Balaban J connectivity index is 1.40. The van der Waals surface area contributed by atoms with Crippen LogP contribution in [0.5, 0.6) is 0 Å². The van der Waals surface area contributed by atoms with Gasteiger partial charge < -0.3 is 15.8 Å². The lowest BCUT2D eigenvalue weighted by Gasteiger charge is -2.57. The second-order valence-corrected chi connectivity index (χ2v) is 8.33. The molecule has 2 bridgehead atoms. The first-order valence-corrected chi connectivity index (χ1v) is 8.61. The number of rotatable bonds is 4. The SMILES string of the molecule is CCOC1CC(N)(C(=O)NC2C3C4CCC(C4)C23)C1(C)C. The Hall–Kier alpha value is -0.610. The second kappa shape index (κ2) is 4.23. The third kappa shape index (κ3) is 1.66. The Morgan fingerprint density at radius 2 is 1.90 bits per heavy atom. The van der Waals surface area contributed by atoms with E-state index < -0.39 is 5.54 Å². The topological polar surface area (TPSA) is 64.3 Å². The molecule has 0 radical (unpaired) electrons. The predicted octanol–water partition coefficient (Wildman–Crippen LogP) is 1.68. The number of fused-ring (bicyclic) bond motifs is 5. The zero-order chi connectivity index (χ0) is 15.0. The van der Waals surface area contributed by atoms with E-state index in [1.165, 1.54) is 19.3 Å². The largest absolute Gasteiger partial charge is 0.378 e. The summed E-state index contributed by atoms with van der Waals surface area (Å²) >= 11 is 0. The zero-order valence-electron chi connectivity index (χ0n) is 13.4. The third-order valence-corrected chi connectivity index (χ3v) is 7.27. The minimum Gasteiger partial charge on any atom is -0.378 e. The first-order chi connectivity index (χ1) is 9.90. The van der Waals surface area contributed by atoms with Gasteiger partial charge in [-0.05, 0) is 49.9 Å². The highest BCUT2D eigenvalue weighted by atomic mass is 16.5. The molecule has 21 heavy (non-hydrogen) atoms. The van der Waals surface area contributed by atoms with Crippen LogP contribution in [0.2, 0.25) is 0 Å². The number of hydrogen-bond donors (Lipinski definition) is 2. The lowest BCUT2D eigenvalue weighted by molar-refractivity contribution is -0.170. The van der Waals surface area contributed by atoms with E-state index in [1.807, 2.05) is 6.92 Å². The monoisotopic (exact) mass is 292 g/mol. The normalized spacial score (nSPS) is 52.2. The molecule has 0 spiro atoms. The van der Waals surface area contributed by atoms with Crippen molar-refractivity contribution in [3.05, 3.63) is 0 Å². The number of amides is 1. The molecule has 0 saturated heterocycles. The van der Waals surface area contributed by atoms with Gasteiger partial charge in [-0.25, -0.2) is 0 Å². The molecule has 1 amide bonds. The van der Waals surface area contributed by atoms with Crippen LogP contribution in [0.25, 0.3) is 0 Å². The van der Waals surface area contributed by atoms with Gasteiger partial charge in [0.25, 0.3) is 0 Å². The van der Waals surface area contributed by atoms with Crippen molar-refractivity contribution in [3.63, 3.8) is 0 Å². The van der Waals surface area contributed by atoms with Crippen LogP contribution < -0.4 is 11.1 Å². The van der Waals surface area contributed by atoms with Crippen LogP contribution in [0.1, 0.15) is 46.5 Å². The Morgan fingerprint density at radius 3 is 2.43 bits per heavy atom. The van der Waals surface area contributed by atoms with E-state index in [0.29, 0.717) is 19.1 Å². The van der Waals surface area contributed by atoms with Crippen molar-refractivity contribution in [3.8, 4) is 0 Å². The molecular weight excluding hydrogens is 264 g/mol. The average Bonchev–Trinajstić information content (AvgIpc) is 2.84. The summed E-state index contributed by atoms with van der Waals surface area (Å²) in [6.45, 7) is 6.80. The smallest absolute Gasteiger partial charge is 0.241 e. The Morgan fingerprint density at radius 1 is 1.29 bits per heavy atom. The van der Waals surface area contributed by atoms with E-state index in [1.54, 1.807) is 0 Å². The number of nitrogens with two attached hydrogens (primary N) is 1. The molecule has 4 aliphatic carbocycles. The van der Waals surface area contributed by atoms with Gasteiger partial charge >= 0.3 is 0 Å². The fourth-order valence-corrected chi connectivity index (χ4v) is 5.62. The Bertz CT molecular complexity index is 461. The van der Waals surface area contributed by atoms with E-state index in [-0.39, 0.29) is 17.4 Å². The van der Waals surface area contributed by atoms with E-state index in [4.69, 9.17) is 10.5 Å². The zero-order valence-corrected chi connectivity index (χ0v) is 13.4. The molecule has 0 aromatic heterocycles. The van der Waals surface area contributed by atoms with Gasteiger partial charge in [0.2, 0.25) is 5.91 Å². The van der Waals surface area contributed by atoms with Gasteiger partial charge in [0.1, 0.15) is 5.54 Å². The van der Waals surface area contributed by atoms with E-state index in [9.17, 15) is 4.79 Å². The maximum absolute atomic E-state index is 12.7. The highest BCUT2D eigenvalue weighted by molar-refractivity contribution is 5.89. The van der Waals surface area contributed by atoms with Crippen LogP contribution in [0.4, 0.5) is 0 Å². The van der Waals surface area contributed by atoms with E-state index in [0.717, 1.165) is 23.7 Å². The number of carbonyl (C=O) groups excluding carboxylic acids is 1. The fourth-order valence-electron chi connectivity index (χ4n) is 5.62. The third-order valence-electron chi connectivity index (χ3n) is 7.27. The standard InChI is InChI=1S/C17H28N2O2/c1-4-21-11-8-17(18,16(11,2)3)15(20)19-14-12-9-5-6-10(7-9)13(12)14/h9-14H,4-8,18H2,1-3H3,(H,19,20). The van der Waals surface area contributed by atoms with Gasteiger partial charge in [0, 0.05) is 24.5 Å². The molecule has 4 saturated carbocycles. The van der Waals surface area contributed by atoms with E-state index in [2.05, 4.69) is 19.2 Å². The van der Waals surface area contributed by atoms with Gasteiger partial charge in [0.15, 0.2) is 0 Å². The lowest BCUT2D eigenvalue weighted by Crippen LogP contribution is -2.76. The summed E-state index contributed by atoms with van der Waals surface area (Å²) in [6.07, 6.45) is 4.92. The van der Waals surface area contributed by atoms with Gasteiger partial charge in [-0.15, -0.1) is 0 Å². The first-order valence-electron chi connectivity index (χ1n) is 8.61. The highest BCUT2D eigenvalue weighted by Crippen LogP contribution is 2.65. The molecule has 4 rings (SSSR count). The summed E-state index contributed by atoms with van der Waals surface area (Å²) in [5.74, 6) is 3.35. The predicted molar refractivity (Wildman–Crippen MR) is 80.5 cm³/mol. The molecule has 4 aliphatic rings. The van der Waals surface area contributed by atoms with Crippen LogP contribution in [0.15, 0.2) is 0 Å². The van der Waals surface area contributed by atoms with Crippen molar-refractivity contribution < 1.29 is 9.53 Å². The van der Waals surface area contributed by atoms with E-state index >= 15 is 0 Å². The van der Waals surface area contributed by atoms with Crippen LogP contribution in [0.3, 0.4) is 0 Å². The summed E-state index contributed by atoms with van der Waals surface area (Å²) in [5.41, 5.74) is 5.42.